The van der Waals surface area contributed by atoms with E-state index >= 15 is 0 Å². The van der Waals surface area contributed by atoms with Gasteiger partial charge in [-0.1, -0.05) is 71.2 Å². The Morgan fingerprint density at radius 1 is 0.862 bits per heavy atom. The zero-order chi connectivity index (χ0) is 42.9. The van der Waals surface area contributed by atoms with E-state index in [0.29, 0.717) is 24.8 Å². The third-order valence-electron chi connectivity index (χ3n) is 8.95. The first kappa shape index (κ1) is 45.7. The number of hydrogen-bond acceptors (Lipinski definition) is 11. The lowest BCUT2D eigenvalue weighted by Gasteiger charge is -2.32. The number of carbonyl (C=O) groups excluding carboxylic acids is 5. The van der Waals surface area contributed by atoms with Crippen molar-refractivity contribution in [2.45, 2.75) is 84.2 Å². The summed E-state index contributed by atoms with van der Waals surface area (Å²) in [6.45, 7) is 6.38. The van der Waals surface area contributed by atoms with Crippen LogP contribution in [0, 0.1) is 5.92 Å². The number of amides is 4. The molecule has 58 heavy (non-hydrogen) atoms. The molecule has 1 aromatic heterocycles. The molecule has 0 spiro atoms. The van der Waals surface area contributed by atoms with E-state index in [9.17, 15) is 43.5 Å². The molecule has 0 aliphatic rings. The van der Waals surface area contributed by atoms with Crippen LogP contribution in [0.15, 0.2) is 59.0 Å². The largest absolute Gasteiger partial charge is 0.481 e. The third kappa shape index (κ3) is 12.9. The zero-order valence-corrected chi connectivity index (χ0v) is 32.5. The predicted molar refractivity (Wildman–Crippen MR) is 204 cm³/mol. The molecule has 3 aromatic rings. The van der Waals surface area contributed by atoms with Gasteiger partial charge in [0.15, 0.2) is 12.4 Å². The van der Waals surface area contributed by atoms with Crippen molar-refractivity contribution in [1.82, 2.24) is 21.0 Å². The lowest BCUT2D eigenvalue weighted by Crippen LogP contribution is -2.49. The number of carbonyl (C=O) groups is 8. The second-order valence-electron chi connectivity index (χ2n) is 13.4. The first-order chi connectivity index (χ1) is 27.6. The van der Waals surface area contributed by atoms with Crippen LogP contribution < -0.4 is 20.7 Å². The highest BCUT2D eigenvalue weighted by atomic mass is 16.7. The van der Waals surface area contributed by atoms with Crippen LogP contribution in [0.4, 0.5) is 0 Å². The van der Waals surface area contributed by atoms with Crippen molar-refractivity contribution in [3.05, 3.63) is 77.0 Å². The number of aliphatic carboxylic acids is 3. The van der Waals surface area contributed by atoms with Crippen molar-refractivity contribution in [2.24, 2.45) is 5.92 Å². The molecule has 6 N–H and O–H groups in total. The summed E-state index contributed by atoms with van der Waals surface area (Å²) in [7, 11) is 0. The molecular formula is C40H48N4O14. The van der Waals surface area contributed by atoms with Crippen molar-refractivity contribution in [2.75, 3.05) is 13.3 Å². The number of benzene rings is 2. The second-order valence-corrected chi connectivity index (χ2v) is 13.4. The number of ether oxygens (including phenoxy) is 1. The molecule has 0 radical (unpaired) electrons. The molecule has 2 unspecified atom stereocenters. The van der Waals surface area contributed by atoms with Gasteiger partial charge in [-0.25, -0.2) is 14.4 Å². The lowest BCUT2D eigenvalue weighted by atomic mass is 9.90. The van der Waals surface area contributed by atoms with Crippen LogP contribution in [-0.4, -0.2) is 93.8 Å². The van der Waals surface area contributed by atoms with Crippen LogP contribution in [0.2, 0.25) is 0 Å². The molecule has 18 nitrogen and oxygen atoms in total. The summed E-state index contributed by atoms with van der Waals surface area (Å²) >= 11 is 0. The number of carboxylic acids is 3. The Hall–Kier alpha value is -6.72. The summed E-state index contributed by atoms with van der Waals surface area (Å²) in [6, 6.07) is 10.8. The van der Waals surface area contributed by atoms with E-state index < -0.39 is 72.6 Å². The van der Waals surface area contributed by atoms with Crippen LogP contribution >= 0.6 is 0 Å². The molecule has 2 aromatic carbocycles. The summed E-state index contributed by atoms with van der Waals surface area (Å²) in [5.41, 5.74) is 0.958. The van der Waals surface area contributed by atoms with Gasteiger partial charge in [0.1, 0.15) is 17.6 Å². The van der Waals surface area contributed by atoms with E-state index in [0.717, 1.165) is 23.5 Å². The van der Waals surface area contributed by atoms with Gasteiger partial charge in [0.2, 0.25) is 12.3 Å². The number of unbranched alkanes of at least 4 members (excludes halogenated alkanes) is 2. The topological polar surface area (TPSA) is 268 Å². The number of nitrogens with zero attached hydrogens (tertiary/aromatic N) is 1. The first-order valence-corrected chi connectivity index (χ1v) is 18.6. The van der Waals surface area contributed by atoms with Crippen LogP contribution in [0.5, 0.6) is 5.75 Å². The molecule has 312 valence electrons. The monoisotopic (exact) mass is 808 g/mol. The molecule has 4 amide bonds. The van der Waals surface area contributed by atoms with Crippen LogP contribution in [0.25, 0.3) is 11.3 Å². The predicted octanol–water partition coefficient (Wildman–Crippen LogP) is 4.20. The molecule has 3 rings (SSSR count). The fraction of sp³-hybridized carbons (Fsp3) is 0.400. The Morgan fingerprint density at radius 2 is 1.59 bits per heavy atom. The van der Waals surface area contributed by atoms with Gasteiger partial charge in [-0.3, -0.25) is 24.0 Å². The van der Waals surface area contributed by atoms with Crippen molar-refractivity contribution in [3.63, 3.8) is 0 Å². The van der Waals surface area contributed by atoms with Crippen LogP contribution in [0.1, 0.15) is 109 Å². The molecule has 18 heteroatoms. The first-order valence-electron chi connectivity index (χ1n) is 18.6. The fourth-order valence-corrected chi connectivity index (χ4v) is 6.03. The number of rotatable bonds is 24. The average molecular weight is 809 g/mol. The molecule has 0 saturated carbocycles. The number of hydroxylamine groups is 2. The Morgan fingerprint density at radius 3 is 2.21 bits per heavy atom. The molecule has 0 fully saturated rings. The zero-order valence-electron chi connectivity index (χ0n) is 32.5. The van der Waals surface area contributed by atoms with Gasteiger partial charge in [0.25, 0.3) is 11.8 Å². The molecule has 0 aliphatic carbocycles. The lowest BCUT2D eigenvalue weighted by molar-refractivity contribution is -0.171. The standard InChI is InChI=1S/C40H48N4O14/c1-5-7-8-13-27(30(6-2)44(22-45)58-40(55)26-12-10-9-11-25(26)23(3)4)36(50)41-21-42-38(52)32-17-16-31(57-32)24-14-15-28(33(18-24)56-20-35(48)49)37(51)43-29(39(53)54)19-34(46)47/h9-12,14-18,22-23,27,29-30H,5-8,13,19-21H2,1-4H3,(H,41,50)(H,42,52)(H,43,51)(H,46,47)(H,48,49)(H,53,54)/t27?,29?,30-/m1/s1. The van der Waals surface area contributed by atoms with E-state index in [1.165, 1.54) is 30.3 Å². The van der Waals surface area contributed by atoms with Crippen molar-refractivity contribution >= 4 is 48.0 Å². The minimum absolute atomic E-state index is 0.00569. The van der Waals surface area contributed by atoms with Crippen LogP contribution in [0.3, 0.4) is 0 Å². The molecule has 0 saturated heterocycles. The van der Waals surface area contributed by atoms with Crippen LogP contribution in [-0.2, 0) is 28.8 Å². The maximum Gasteiger partial charge on any atom is 0.363 e. The second kappa shape index (κ2) is 22.1. The Balaban J connectivity index is 1.74. The van der Waals surface area contributed by atoms with Gasteiger partial charge in [-0.2, -0.15) is 5.06 Å². The summed E-state index contributed by atoms with van der Waals surface area (Å²) in [4.78, 5) is 104. The molecule has 0 bridgehead atoms. The molecular weight excluding hydrogens is 760 g/mol. The van der Waals surface area contributed by atoms with Crippen molar-refractivity contribution < 1.29 is 67.7 Å². The van der Waals surface area contributed by atoms with Crippen molar-refractivity contribution in [3.8, 4) is 17.1 Å². The summed E-state index contributed by atoms with van der Waals surface area (Å²) in [6.07, 6.45) is 2.40. The Kier molecular flexibility index (Phi) is 17.4. The van der Waals surface area contributed by atoms with Gasteiger partial charge in [-0.05, 0) is 54.7 Å². The maximum atomic E-state index is 13.6. The summed E-state index contributed by atoms with van der Waals surface area (Å²) in [5.74, 6) is -8.70. The highest BCUT2D eigenvalue weighted by Crippen LogP contribution is 2.30. The van der Waals surface area contributed by atoms with E-state index in [1.54, 1.807) is 31.2 Å². The third-order valence-corrected chi connectivity index (χ3v) is 8.95. The Labute approximate surface area is 333 Å². The van der Waals surface area contributed by atoms with Gasteiger partial charge in [0, 0.05) is 5.56 Å². The average Bonchev–Trinajstić information content (AvgIpc) is 3.69. The van der Waals surface area contributed by atoms with Gasteiger partial charge in [-0.15, -0.1) is 0 Å². The van der Waals surface area contributed by atoms with E-state index in [2.05, 4.69) is 16.0 Å². The van der Waals surface area contributed by atoms with Gasteiger partial charge in [0.05, 0.1) is 36.2 Å². The highest BCUT2D eigenvalue weighted by molar-refractivity contribution is 6.00. The van der Waals surface area contributed by atoms with Gasteiger partial charge < -0.3 is 45.3 Å². The van der Waals surface area contributed by atoms with E-state index in [-0.39, 0.29) is 47.4 Å². The number of hydrogen-bond donors (Lipinski definition) is 6. The normalized spacial score (nSPS) is 12.4. The van der Waals surface area contributed by atoms with Crippen molar-refractivity contribution in [1.29, 1.82) is 0 Å². The van der Waals surface area contributed by atoms with Gasteiger partial charge >= 0.3 is 23.9 Å². The summed E-state index contributed by atoms with van der Waals surface area (Å²) in [5, 5.41) is 35.6. The highest BCUT2D eigenvalue weighted by Gasteiger charge is 2.34. The minimum Gasteiger partial charge on any atom is -0.481 e. The SMILES string of the molecule is CCCCCC(C(=O)NCNC(=O)c1ccc(-c2ccc(C(=O)NC(CC(=O)O)C(=O)O)c(OCC(=O)O)c2)o1)[C@@H](CC)N(C=O)OC(=O)c1ccccc1C(C)C. The number of carboxylic acid groups (broad SMARTS) is 3. The smallest absolute Gasteiger partial charge is 0.363 e. The quantitative estimate of drug-likeness (QED) is 0.0321. The molecule has 3 atom stereocenters. The fourth-order valence-electron chi connectivity index (χ4n) is 6.03. The maximum absolute atomic E-state index is 13.6. The molecule has 0 aliphatic heterocycles. The summed E-state index contributed by atoms with van der Waals surface area (Å²) < 4.78 is 10.9. The number of nitrogens with one attached hydrogen (secondary N) is 3. The molecule has 1 heterocycles. The minimum atomic E-state index is -1.79. The Bertz CT molecular complexity index is 1960. The van der Waals surface area contributed by atoms with E-state index in [4.69, 9.17) is 24.2 Å². The number of furan rings is 1. The van der Waals surface area contributed by atoms with E-state index in [1.807, 2.05) is 20.8 Å².